The van der Waals surface area contributed by atoms with Gasteiger partial charge >= 0.3 is 11.9 Å². The monoisotopic (exact) mass is 866 g/mol. The molecule has 1 atom stereocenters. The maximum Gasteiger partial charge on any atom is 0.317 e. The number of amidine groups is 2. The molecule has 22 heteroatoms. The third-order valence-electron chi connectivity index (χ3n) is 9.39. The van der Waals surface area contributed by atoms with Gasteiger partial charge in [0.15, 0.2) is 5.84 Å². The number of carboxylic acid groups (broad SMARTS) is 2. The zero-order valence-electron chi connectivity index (χ0n) is 35.9. The van der Waals surface area contributed by atoms with E-state index >= 15 is 0 Å². The molecule has 0 spiro atoms. The number of nitrogens with one attached hydrogen (secondary N) is 3. The number of nitrogens with two attached hydrogens (primary N) is 2. The molecule has 9 N–H and O–H groups in total. The van der Waals surface area contributed by atoms with Crippen LogP contribution in [0.3, 0.4) is 0 Å². The quantitative estimate of drug-likeness (QED) is 0.0180. The molecule has 1 unspecified atom stereocenters. The van der Waals surface area contributed by atoms with Crippen LogP contribution in [0.1, 0.15) is 59.1 Å². The minimum absolute atomic E-state index is 0.0666. The highest BCUT2D eigenvalue weighted by atomic mass is 31.1. The Morgan fingerprint density at radius 1 is 0.833 bits per heavy atom. The van der Waals surface area contributed by atoms with Crippen molar-refractivity contribution in [1.82, 2.24) is 35.2 Å². The highest BCUT2D eigenvalue weighted by Crippen LogP contribution is 2.34. The molecule has 60 heavy (non-hydrogen) atoms. The van der Waals surface area contributed by atoms with Crippen molar-refractivity contribution in [2.45, 2.75) is 59.0 Å². The summed E-state index contributed by atoms with van der Waals surface area (Å²) in [5.74, 6) is -2.15. The summed E-state index contributed by atoms with van der Waals surface area (Å²) < 4.78 is 12.0. The molecule has 3 amide bonds. The number of pyridine rings is 1. The first-order chi connectivity index (χ1) is 28.4. The van der Waals surface area contributed by atoms with Crippen molar-refractivity contribution in [2.24, 2.45) is 21.7 Å². The van der Waals surface area contributed by atoms with Gasteiger partial charge in [-0.25, -0.2) is 0 Å². The standard InChI is InChI=1S/C38H67N12O9P/c1-6-47-14-16-48(18-19-50(27-36(56)57)21-20-49(17-15-47)26-35(54)55)25-34(53)43-28-59-60(5)23-12-38(3,4)58-22-13-41-32(51)8-7-9-33(52)44-30-10-11-31(42-24-30)37(40)46-45-29(2)39/h10-11,24H,6-9,12-23,25-28H2,1-5H3,(H2,39,45)(H2,40,46)(H,41,51)(H,43,53)(H,44,52)(H,54,55)(H,56,57). The molecular formula is C38H67N12O9P. The number of hydrogen-bond acceptors (Lipinski definition) is 14. The molecule has 1 aromatic heterocycles. The van der Waals surface area contributed by atoms with Gasteiger partial charge in [0.1, 0.15) is 18.3 Å². The number of carbonyl (C=O) groups excluding carboxylic acids is 3. The molecule has 338 valence electrons. The minimum atomic E-state index is -0.962. The maximum atomic E-state index is 13.0. The van der Waals surface area contributed by atoms with Gasteiger partial charge in [0.2, 0.25) is 17.7 Å². The average Bonchev–Trinajstić information content (AvgIpc) is 3.17. The van der Waals surface area contributed by atoms with Gasteiger partial charge in [0.25, 0.3) is 0 Å². The molecule has 2 rings (SSSR count). The van der Waals surface area contributed by atoms with Gasteiger partial charge in [-0.15, -0.1) is 10.2 Å². The van der Waals surface area contributed by atoms with E-state index in [1.54, 1.807) is 24.0 Å². The summed E-state index contributed by atoms with van der Waals surface area (Å²) in [6.45, 7) is 15.1. The van der Waals surface area contributed by atoms with Crippen LogP contribution < -0.4 is 27.4 Å². The van der Waals surface area contributed by atoms with Crippen molar-refractivity contribution in [2.75, 3.05) is 117 Å². The van der Waals surface area contributed by atoms with Gasteiger partial charge in [-0.05, 0) is 65.1 Å². The van der Waals surface area contributed by atoms with Crippen molar-refractivity contribution >= 4 is 55.2 Å². The van der Waals surface area contributed by atoms with E-state index in [9.17, 15) is 34.2 Å². The summed E-state index contributed by atoms with van der Waals surface area (Å²) in [5, 5.41) is 34.7. The number of anilines is 1. The first-order valence-corrected chi connectivity index (χ1v) is 22.1. The number of carboxylic acids is 2. The summed E-state index contributed by atoms with van der Waals surface area (Å²) >= 11 is 0. The maximum absolute atomic E-state index is 13.0. The zero-order valence-corrected chi connectivity index (χ0v) is 36.8. The summed E-state index contributed by atoms with van der Waals surface area (Å²) in [6, 6.07) is 3.24. The zero-order chi connectivity index (χ0) is 44.5. The van der Waals surface area contributed by atoms with E-state index in [0.717, 1.165) is 12.7 Å². The van der Waals surface area contributed by atoms with Gasteiger partial charge in [0.05, 0.1) is 43.7 Å². The van der Waals surface area contributed by atoms with Crippen LogP contribution in [-0.2, 0) is 33.2 Å². The fraction of sp³-hybridized carbons (Fsp3) is 0.684. The van der Waals surface area contributed by atoms with Gasteiger partial charge in [-0.2, -0.15) is 0 Å². The molecule has 0 radical (unpaired) electrons. The van der Waals surface area contributed by atoms with Crippen LogP contribution in [-0.4, -0.2) is 193 Å². The van der Waals surface area contributed by atoms with Crippen LogP contribution in [0.15, 0.2) is 28.5 Å². The van der Waals surface area contributed by atoms with Gasteiger partial charge < -0.3 is 51.8 Å². The minimum Gasteiger partial charge on any atom is -0.480 e. The van der Waals surface area contributed by atoms with Crippen LogP contribution >= 0.6 is 8.15 Å². The molecule has 1 aliphatic rings. The van der Waals surface area contributed by atoms with Crippen molar-refractivity contribution in [3.05, 3.63) is 24.0 Å². The second kappa shape index (κ2) is 28.2. The van der Waals surface area contributed by atoms with Crippen molar-refractivity contribution in [1.29, 1.82) is 0 Å². The predicted molar refractivity (Wildman–Crippen MR) is 231 cm³/mol. The van der Waals surface area contributed by atoms with E-state index in [0.29, 0.717) is 89.7 Å². The molecule has 1 aliphatic heterocycles. The lowest BCUT2D eigenvalue weighted by Gasteiger charge is -2.33. The number of aliphatic carboxylic acids is 2. The van der Waals surface area contributed by atoms with Crippen LogP contribution in [0.25, 0.3) is 0 Å². The first kappa shape index (κ1) is 51.8. The summed E-state index contributed by atoms with van der Waals surface area (Å²) in [7, 11) is -0.854. The lowest BCUT2D eigenvalue weighted by Crippen LogP contribution is -2.49. The Morgan fingerprint density at radius 2 is 1.40 bits per heavy atom. The van der Waals surface area contributed by atoms with Crippen molar-refractivity contribution in [3.8, 4) is 0 Å². The van der Waals surface area contributed by atoms with Gasteiger partial charge in [-0.1, -0.05) is 6.92 Å². The highest BCUT2D eigenvalue weighted by molar-refractivity contribution is 7.51. The lowest BCUT2D eigenvalue weighted by atomic mass is 10.1. The number of carbonyl (C=O) groups is 5. The van der Waals surface area contributed by atoms with Crippen LogP contribution in [0, 0.1) is 0 Å². The number of hydrogen-bond donors (Lipinski definition) is 7. The van der Waals surface area contributed by atoms with Crippen LogP contribution in [0.2, 0.25) is 0 Å². The molecule has 0 saturated carbocycles. The lowest BCUT2D eigenvalue weighted by molar-refractivity contribution is -0.140. The smallest absolute Gasteiger partial charge is 0.317 e. The number of rotatable bonds is 24. The summed E-state index contributed by atoms with van der Waals surface area (Å²) in [5.41, 5.74) is 11.7. The first-order valence-electron chi connectivity index (χ1n) is 20.2. The Bertz CT molecular complexity index is 1560. The van der Waals surface area contributed by atoms with Gasteiger partial charge in [0, 0.05) is 79.9 Å². The van der Waals surface area contributed by atoms with Crippen molar-refractivity contribution in [3.63, 3.8) is 0 Å². The SMILES string of the molecule is CCN1CCN(CC(=O)O)CCN(CC(=O)O)CCN(CC(=O)NCOP(C)CCC(C)(C)OCCNC(=O)CCCC(=O)Nc2ccc(/C(N)=N/N=C(/C)N)nc2)CC1. The molecule has 21 nitrogen and oxygen atoms in total. The number of likely N-dealkylation sites (N-methyl/N-ethyl adjacent to an activating group) is 1. The average molecular weight is 867 g/mol. The largest absolute Gasteiger partial charge is 0.480 e. The van der Waals surface area contributed by atoms with Crippen molar-refractivity contribution < 1.29 is 43.4 Å². The Hall–Kier alpha value is -4.37. The van der Waals surface area contributed by atoms with E-state index in [2.05, 4.69) is 36.0 Å². The Labute approximate surface area is 354 Å². The van der Waals surface area contributed by atoms with E-state index < -0.39 is 25.7 Å². The number of aromatic nitrogens is 1. The number of ether oxygens (including phenoxy) is 1. The Balaban J connectivity index is 1.66. The molecule has 1 fully saturated rings. The topological polar surface area (TPSA) is 283 Å². The molecule has 2 heterocycles. The van der Waals surface area contributed by atoms with Gasteiger partial charge in [-0.3, -0.25) is 43.7 Å². The molecule has 1 saturated heterocycles. The number of amides is 3. The molecule has 0 aliphatic carbocycles. The molecule has 0 aromatic carbocycles. The third-order valence-corrected chi connectivity index (χ3v) is 10.8. The van der Waals surface area contributed by atoms with Crippen LogP contribution in [0.5, 0.6) is 0 Å². The van der Waals surface area contributed by atoms with E-state index in [-0.39, 0.29) is 68.6 Å². The second-order valence-corrected chi connectivity index (χ2v) is 17.0. The Kier molecular flexibility index (Phi) is 24.3. The third kappa shape index (κ3) is 24.0. The van der Waals surface area contributed by atoms with E-state index in [4.69, 9.17) is 20.7 Å². The number of nitrogens with zero attached hydrogens (tertiary/aromatic N) is 7. The van der Waals surface area contributed by atoms with Crippen LogP contribution in [0.4, 0.5) is 5.69 Å². The second-order valence-electron chi connectivity index (χ2n) is 15.0. The van der Waals surface area contributed by atoms with E-state index in [1.165, 1.54) is 6.20 Å². The fourth-order valence-corrected chi connectivity index (χ4v) is 7.11. The normalized spacial score (nSPS) is 16.6. The molecular weight excluding hydrogens is 799 g/mol. The highest BCUT2D eigenvalue weighted by Gasteiger charge is 2.22. The Morgan fingerprint density at radius 3 is 1.93 bits per heavy atom. The fourth-order valence-electron chi connectivity index (χ4n) is 5.84. The van der Waals surface area contributed by atoms with E-state index in [1.807, 2.05) is 37.2 Å². The summed E-state index contributed by atoms with van der Waals surface area (Å²) in [6.07, 6.45) is 3.61. The molecule has 1 aromatic rings. The summed E-state index contributed by atoms with van der Waals surface area (Å²) in [4.78, 5) is 72.6. The molecule has 0 bridgehead atoms. The predicted octanol–water partition coefficient (Wildman–Crippen LogP) is 0.0170.